The fraction of sp³-hybridized carbons (Fsp3) is 0.833. The Balaban J connectivity index is 1.67. The van der Waals surface area contributed by atoms with Crippen LogP contribution in [0, 0.1) is 0 Å². The van der Waals surface area contributed by atoms with Gasteiger partial charge < -0.3 is 10.2 Å². The number of rotatable bonds is 3. The minimum Gasteiger partial charge on any atom is -0.313 e. The van der Waals surface area contributed by atoms with Gasteiger partial charge >= 0.3 is 0 Å². The maximum absolute atomic E-state index is 3.36. The maximum atomic E-state index is 3.36. The number of piperidine rings is 1. The van der Waals surface area contributed by atoms with Crippen molar-refractivity contribution in [3.05, 3.63) is 11.6 Å². The molecule has 0 aliphatic carbocycles. The maximum Gasteiger partial charge on any atom is 0.0137 e. The normalized spacial score (nSPS) is 24.7. The standard InChI is InChI=1S/C12H22N2/c1-2-9-14(10-3-1)11-6-12-4-7-13-8-5-12/h4,13H,1-3,5-11H2. The van der Waals surface area contributed by atoms with Crippen LogP contribution in [0.5, 0.6) is 0 Å². The molecule has 0 radical (unpaired) electrons. The van der Waals surface area contributed by atoms with Gasteiger partial charge in [0.05, 0.1) is 0 Å². The summed E-state index contributed by atoms with van der Waals surface area (Å²) in [6, 6.07) is 0. The summed E-state index contributed by atoms with van der Waals surface area (Å²) in [5.41, 5.74) is 1.68. The van der Waals surface area contributed by atoms with Gasteiger partial charge in [-0.25, -0.2) is 0 Å². The second-order valence-electron chi connectivity index (χ2n) is 4.47. The first kappa shape index (κ1) is 10.2. The Morgan fingerprint density at radius 2 is 2.07 bits per heavy atom. The van der Waals surface area contributed by atoms with E-state index in [2.05, 4.69) is 16.3 Å². The van der Waals surface area contributed by atoms with E-state index in [1.54, 1.807) is 5.57 Å². The van der Waals surface area contributed by atoms with Crippen LogP contribution in [0.15, 0.2) is 11.6 Å². The highest BCUT2D eigenvalue weighted by Crippen LogP contribution is 2.13. The summed E-state index contributed by atoms with van der Waals surface area (Å²) in [7, 11) is 0. The largest absolute Gasteiger partial charge is 0.313 e. The average molecular weight is 194 g/mol. The summed E-state index contributed by atoms with van der Waals surface area (Å²) >= 11 is 0. The molecule has 0 aromatic rings. The Labute approximate surface area is 87.4 Å². The minimum absolute atomic E-state index is 1.09. The number of likely N-dealkylation sites (tertiary alicyclic amines) is 1. The van der Waals surface area contributed by atoms with E-state index in [0.29, 0.717) is 0 Å². The minimum atomic E-state index is 1.09. The first-order valence-corrected chi connectivity index (χ1v) is 6.06. The van der Waals surface area contributed by atoms with Crippen LogP contribution < -0.4 is 5.32 Å². The molecule has 2 heterocycles. The molecule has 0 atom stereocenters. The number of nitrogens with zero attached hydrogens (tertiary/aromatic N) is 1. The van der Waals surface area contributed by atoms with Gasteiger partial charge in [-0.15, -0.1) is 0 Å². The zero-order chi connectivity index (χ0) is 9.64. The average Bonchev–Trinajstić information content (AvgIpc) is 2.29. The van der Waals surface area contributed by atoms with Gasteiger partial charge in [-0.05, 0) is 45.3 Å². The smallest absolute Gasteiger partial charge is 0.0137 e. The Kier molecular flexibility index (Phi) is 4.02. The van der Waals surface area contributed by atoms with Crippen molar-refractivity contribution < 1.29 is 0 Å². The summed E-state index contributed by atoms with van der Waals surface area (Å²) < 4.78 is 0. The molecule has 80 valence electrons. The first-order chi connectivity index (χ1) is 6.95. The van der Waals surface area contributed by atoms with Gasteiger partial charge in [-0.2, -0.15) is 0 Å². The van der Waals surface area contributed by atoms with Crippen molar-refractivity contribution in [2.75, 3.05) is 32.7 Å². The molecule has 0 aromatic carbocycles. The Bertz CT molecular complexity index is 192. The SMILES string of the molecule is C1=C(CCN2CCCCC2)CCNC1. The van der Waals surface area contributed by atoms with Crippen LogP contribution in [0.4, 0.5) is 0 Å². The summed E-state index contributed by atoms with van der Waals surface area (Å²) in [5.74, 6) is 0. The van der Waals surface area contributed by atoms with Crippen LogP contribution in [0.25, 0.3) is 0 Å². The third-order valence-corrected chi connectivity index (χ3v) is 3.36. The Morgan fingerprint density at radius 3 is 2.79 bits per heavy atom. The van der Waals surface area contributed by atoms with Gasteiger partial charge in [-0.1, -0.05) is 18.1 Å². The molecule has 0 saturated carbocycles. The van der Waals surface area contributed by atoms with Crippen molar-refractivity contribution in [1.29, 1.82) is 0 Å². The molecule has 2 rings (SSSR count). The summed E-state index contributed by atoms with van der Waals surface area (Å²) in [6.45, 7) is 6.25. The van der Waals surface area contributed by atoms with Crippen LogP contribution in [0.1, 0.15) is 32.1 Å². The van der Waals surface area contributed by atoms with Gasteiger partial charge in [-0.3, -0.25) is 0 Å². The number of nitrogens with one attached hydrogen (secondary N) is 1. The van der Waals surface area contributed by atoms with Crippen molar-refractivity contribution in [2.24, 2.45) is 0 Å². The van der Waals surface area contributed by atoms with E-state index in [-0.39, 0.29) is 0 Å². The van der Waals surface area contributed by atoms with Crippen LogP contribution >= 0.6 is 0 Å². The highest BCUT2D eigenvalue weighted by Gasteiger charge is 2.10. The van der Waals surface area contributed by atoms with Crippen molar-refractivity contribution in [3.8, 4) is 0 Å². The quantitative estimate of drug-likeness (QED) is 0.689. The van der Waals surface area contributed by atoms with Crippen LogP contribution in [-0.4, -0.2) is 37.6 Å². The molecule has 0 aromatic heterocycles. The lowest BCUT2D eigenvalue weighted by molar-refractivity contribution is 0.230. The highest BCUT2D eigenvalue weighted by atomic mass is 15.1. The summed E-state index contributed by atoms with van der Waals surface area (Å²) in [4.78, 5) is 2.63. The third kappa shape index (κ3) is 3.10. The Morgan fingerprint density at radius 1 is 1.21 bits per heavy atom. The highest BCUT2D eigenvalue weighted by molar-refractivity contribution is 5.07. The molecule has 0 spiro atoms. The fourth-order valence-corrected chi connectivity index (χ4v) is 2.38. The number of hydrogen-bond acceptors (Lipinski definition) is 2. The molecule has 1 saturated heterocycles. The lowest BCUT2D eigenvalue weighted by atomic mass is 10.0. The van der Waals surface area contributed by atoms with E-state index >= 15 is 0 Å². The molecule has 2 aliphatic heterocycles. The predicted molar refractivity (Wildman–Crippen MR) is 60.5 cm³/mol. The molecule has 1 N–H and O–H groups in total. The van der Waals surface area contributed by atoms with Crippen molar-refractivity contribution >= 4 is 0 Å². The summed E-state index contributed by atoms with van der Waals surface area (Å²) in [6.07, 6.45) is 9.24. The van der Waals surface area contributed by atoms with Crippen molar-refractivity contribution in [1.82, 2.24) is 10.2 Å². The molecule has 2 heteroatoms. The second-order valence-corrected chi connectivity index (χ2v) is 4.47. The number of hydrogen-bond donors (Lipinski definition) is 1. The van der Waals surface area contributed by atoms with Gasteiger partial charge in [0.2, 0.25) is 0 Å². The monoisotopic (exact) mass is 194 g/mol. The lowest BCUT2D eigenvalue weighted by Crippen LogP contribution is -2.31. The van der Waals surface area contributed by atoms with Gasteiger partial charge in [0.15, 0.2) is 0 Å². The molecule has 0 bridgehead atoms. The van der Waals surface area contributed by atoms with E-state index in [1.807, 2.05) is 0 Å². The summed E-state index contributed by atoms with van der Waals surface area (Å²) in [5, 5.41) is 3.36. The topological polar surface area (TPSA) is 15.3 Å². The van der Waals surface area contributed by atoms with Crippen LogP contribution in [0.2, 0.25) is 0 Å². The van der Waals surface area contributed by atoms with E-state index in [9.17, 15) is 0 Å². The van der Waals surface area contributed by atoms with E-state index in [1.165, 1.54) is 58.3 Å². The third-order valence-electron chi connectivity index (χ3n) is 3.36. The molecular formula is C12H22N2. The van der Waals surface area contributed by atoms with E-state index < -0.39 is 0 Å². The fourth-order valence-electron chi connectivity index (χ4n) is 2.38. The molecule has 14 heavy (non-hydrogen) atoms. The van der Waals surface area contributed by atoms with Crippen molar-refractivity contribution in [3.63, 3.8) is 0 Å². The molecular weight excluding hydrogens is 172 g/mol. The predicted octanol–water partition coefficient (Wildman–Crippen LogP) is 1.78. The zero-order valence-corrected chi connectivity index (χ0v) is 9.10. The van der Waals surface area contributed by atoms with Crippen molar-refractivity contribution in [2.45, 2.75) is 32.1 Å². The van der Waals surface area contributed by atoms with E-state index in [4.69, 9.17) is 0 Å². The van der Waals surface area contributed by atoms with Crippen LogP contribution in [-0.2, 0) is 0 Å². The van der Waals surface area contributed by atoms with Gasteiger partial charge in [0.1, 0.15) is 0 Å². The second kappa shape index (κ2) is 5.52. The van der Waals surface area contributed by atoms with Crippen LogP contribution in [0.3, 0.4) is 0 Å². The molecule has 0 amide bonds. The molecule has 2 nitrogen and oxygen atoms in total. The molecule has 2 aliphatic rings. The van der Waals surface area contributed by atoms with E-state index in [0.717, 1.165) is 6.54 Å². The molecule has 0 unspecified atom stereocenters. The lowest BCUT2D eigenvalue weighted by Gasteiger charge is -2.27. The Hall–Kier alpha value is -0.340. The molecule has 1 fully saturated rings. The van der Waals surface area contributed by atoms with Gasteiger partial charge in [0.25, 0.3) is 0 Å². The van der Waals surface area contributed by atoms with Gasteiger partial charge in [0, 0.05) is 13.1 Å². The zero-order valence-electron chi connectivity index (χ0n) is 9.10. The first-order valence-electron chi connectivity index (χ1n) is 6.06.